The van der Waals surface area contributed by atoms with Crippen molar-refractivity contribution in [3.8, 4) is 0 Å². The molecule has 0 bridgehead atoms. The molecule has 1 fully saturated rings. The van der Waals surface area contributed by atoms with Gasteiger partial charge in [-0.1, -0.05) is 11.6 Å². The van der Waals surface area contributed by atoms with E-state index in [0.717, 1.165) is 41.8 Å². The maximum absolute atomic E-state index is 9.08. The summed E-state index contributed by atoms with van der Waals surface area (Å²) in [5.41, 5.74) is 2.14. The summed E-state index contributed by atoms with van der Waals surface area (Å²) >= 11 is 6.15. The Morgan fingerprint density at radius 1 is 1.40 bits per heavy atom. The van der Waals surface area contributed by atoms with Crippen molar-refractivity contribution < 1.29 is 9.52 Å². The van der Waals surface area contributed by atoms with Crippen LogP contribution in [0.4, 0.5) is 11.8 Å². The summed E-state index contributed by atoms with van der Waals surface area (Å²) in [6.07, 6.45) is 1.05. The molecule has 0 spiro atoms. The molecular weight excluding hydrogens is 342 g/mol. The SMILES string of the molecule is CNC1CCN(c2nc(NCCO)nc3c2oc2ccc(Cl)cc23)C1. The molecule has 2 aromatic heterocycles. The molecular formula is C17H20ClN5O2. The number of fused-ring (bicyclic) bond motifs is 3. The summed E-state index contributed by atoms with van der Waals surface area (Å²) in [5, 5.41) is 17.0. The number of aliphatic hydroxyl groups excluding tert-OH is 1. The molecule has 0 aliphatic carbocycles. The number of likely N-dealkylation sites (N-methyl/N-ethyl adjacent to an activating group) is 1. The summed E-state index contributed by atoms with van der Waals surface area (Å²) in [6, 6.07) is 5.94. The van der Waals surface area contributed by atoms with E-state index >= 15 is 0 Å². The fraction of sp³-hybridized carbons (Fsp3) is 0.412. The van der Waals surface area contributed by atoms with Gasteiger partial charge in [-0.3, -0.25) is 0 Å². The molecule has 3 heterocycles. The first-order chi connectivity index (χ1) is 12.2. The van der Waals surface area contributed by atoms with Crippen LogP contribution in [0, 0.1) is 0 Å². The second-order valence-corrected chi connectivity index (χ2v) is 6.60. The van der Waals surface area contributed by atoms with Gasteiger partial charge in [0, 0.05) is 36.1 Å². The van der Waals surface area contributed by atoms with Gasteiger partial charge in [0.2, 0.25) is 5.95 Å². The Bertz CT molecular complexity index is 913. The Balaban J connectivity index is 1.88. The quantitative estimate of drug-likeness (QED) is 0.642. The van der Waals surface area contributed by atoms with Crippen molar-refractivity contribution in [2.75, 3.05) is 43.5 Å². The lowest BCUT2D eigenvalue weighted by atomic mass is 10.2. The van der Waals surface area contributed by atoms with E-state index in [-0.39, 0.29) is 6.61 Å². The van der Waals surface area contributed by atoms with Crippen LogP contribution in [0.5, 0.6) is 0 Å². The van der Waals surface area contributed by atoms with Crippen LogP contribution in [0.3, 0.4) is 0 Å². The lowest BCUT2D eigenvalue weighted by molar-refractivity contribution is 0.311. The molecule has 3 N–H and O–H groups in total. The topological polar surface area (TPSA) is 86.5 Å². The van der Waals surface area contributed by atoms with Crippen LogP contribution in [-0.2, 0) is 0 Å². The standard InChI is InChI=1S/C17H20ClN5O2/c1-19-11-4-6-23(9-11)16-15-14(21-17(22-16)20-5-7-24)12-8-10(18)2-3-13(12)25-15/h2-3,8,11,19,24H,4-7,9H2,1H3,(H,20,21,22). The van der Waals surface area contributed by atoms with Crippen LogP contribution in [-0.4, -0.2) is 54.4 Å². The molecule has 3 aromatic rings. The van der Waals surface area contributed by atoms with Gasteiger partial charge in [0.05, 0.1) is 6.61 Å². The Hall–Kier alpha value is -2.09. The average molecular weight is 362 g/mol. The van der Waals surface area contributed by atoms with Gasteiger partial charge in [-0.05, 0) is 31.7 Å². The van der Waals surface area contributed by atoms with E-state index in [4.69, 9.17) is 21.1 Å². The van der Waals surface area contributed by atoms with Crippen LogP contribution < -0.4 is 15.5 Å². The monoisotopic (exact) mass is 361 g/mol. The van der Waals surface area contributed by atoms with Gasteiger partial charge in [0.1, 0.15) is 11.1 Å². The van der Waals surface area contributed by atoms with Crippen LogP contribution in [0.25, 0.3) is 22.1 Å². The lowest BCUT2D eigenvalue weighted by Crippen LogP contribution is -2.30. The van der Waals surface area contributed by atoms with Crippen molar-refractivity contribution in [2.45, 2.75) is 12.5 Å². The predicted octanol–water partition coefficient (Wildman–Crippen LogP) is 2.23. The number of nitrogens with zero attached hydrogens (tertiary/aromatic N) is 3. The molecule has 132 valence electrons. The molecule has 0 amide bonds. The van der Waals surface area contributed by atoms with Gasteiger partial charge >= 0.3 is 0 Å². The molecule has 25 heavy (non-hydrogen) atoms. The van der Waals surface area contributed by atoms with Gasteiger partial charge < -0.3 is 25.1 Å². The molecule has 1 unspecified atom stereocenters. The summed E-state index contributed by atoms with van der Waals surface area (Å²) < 4.78 is 6.06. The summed E-state index contributed by atoms with van der Waals surface area (Å²) in [4.78, 5) is 11.4. The highest BCUT2D eigenvalue weighted by Gasteiger charge is 2.26. The number of halogens is 1. The van der Waals surface area contributed by atoms with E-state index in [2.05, 4.69) is 25.5 Å². The maximum atomic E-state index is 9.08. The highest BCUT2D eigenvalue weighted by Crippen LogP contribution is 2.36. The van der Waals surface area contributed by atoms with Gasteiger partial charge in [0.25, 0.3) is 0 Å². The first kappa shape index (κ1) is 16.4. The second kappa shape index (κ2) is 6.67. The van der Waals surface area contributed by atoms with Crippen molar-refractivity contribution in [1.29, 1.82) is 0 Å². The third kappa shape index (κ3) is 2.99. The van der Waals surface area contributed by atoms with Crippen LogP contribution in [0.2, 0.25) is 5.02 Å². The number of hydrogen-bond acceptors (Lipinski definition) is 7. The molecule has 0 radical (unpaired) electrons. The summed E-state index contributed by atoms with van der Waals surface area (Å²) in [7, 11) is 1.97. The molecule has 1 aromatic carbocycles. The zero-order chi connectivity index (χ0) is 17.4. The van der Waals surface area contributed by atoms with E-state index in [1.165, 1.54) is 0 Å². The smallest absolute Gasteiger partial charge is 0.225 e. The first-order valence-electron chi connectivity index (χ1n) is 8.36. The number of aromatic nitrogens is 2. The molecule has 8 heteroatoms. The van der Waals surface area contributed by atoms with Gasteiger partial charge in [-0.15, -0.1) is 0 Å². The van der Waals surface area contributed by atoms with E-state index in [1.807, 2.05) is 19.2 Å². The zero-order valence-electron chi connectivity index (χ0n) is 13.9. The van der Waals surface area contributed by atoms with Crippen LogP contribution >= 0.6 is 11.6 Å². The van der Waals surface area contributed by atoms with Crippen LogP contribution in [0.1, 0.15) is 6.42 Å². The van der Waals surface area contributed by atoms with Crippen molar-refractivity contribution in [2.24, 2.45) is 0 Å². The molecule has 1 atom stereocenters. The highest BCUT2D eigenvalue weighted by molar-refractivity contribution is 6.31. The Labute approximate surface area is 150 Å². The zero-order valence-corrected chi connectivity index (χ0v) is 14.7. The predicted molar refractivity (Wildman–Crippen MR) is 99.6 cm³/mol. The number of furan rings is 1. The average Bonchev–Trinajstić information content (AvgIpc) is 3.24. The fourth-order valence-electron chi connectivity index (χ4n) is 3.25. The molecule has 1 saturated heterocycles. The Morgan fingerprint density at radius 3 is 3.04 bits per heavy atom. The van der Waals surface area contributed by atoms with Gasteiger partial charge in [0.15, 0.2) is 11.4 Å². The lowest BCUT2D eigenvalue weighted by Gasteiger charge is -2.18. The largest absolute Gasteiger partial charge is 0.450 e. The highest BCUT2D eigenvalue weighted by atomic mass is 35.5. The summed E-state index contributed by atoms with van der Waals surface area (Å²) in [6.45, 7) is 2.16. The minimum absolute atomic E-state index is 0.0141. The van der Waals surface area contributed by atoms with Crippen molar-refractivity contribution in [3.05, 3.63) is 23.2 Å². The fourth-order valence-corrected chi connectivity index (χ4v) is 3.42. The van der Waals surface area contributed by atoms with Crippen molar-refractivity contribution in [3.63, 3.8) is 0 Å². The number of hydrogen-bond donors (Lipinski definition) is 3. The number of rotatable bonds is 5. The number of aliphatic hydroxyl groups is 1. The summed E-state index contributed by atoms with van der Waals surface area (Å²) in [5.74, 6) is 1.25. The van der Waals surface area contributed by atoms with Crippen LogP contribution in [0.15, 0.2) is 22.6 Å². The molecule has 0 saturated carbocycles. The van der Waals surface area contributed by atoms with E-state index in [1.54, 1.807) is 6.07 Å². The van der Waals surface area contributed by atoms with E-state index in [9.17, 15) is 0 Å². The number of nitrogens with one attached hydrogen (secondary N) is 2. The second-order valence-electron chi connectivity index (χ2n) is 6.16. The normalized spacial score (nSPS) is 17.7. The molecule has 7 nitrogen and oxygen atoms in total. The first-order valence-corrected chi connectivity index (χ1v) is 8.74. The van der Waals surface area contributed by atoms with Gasteiger partial charge in [-0.25, -0.2) is 4.98 Å². The third-order valence-corrected chi connectivity index (χ3v) is 4.78. The van der Waals surface area contributed by atoms with Crippen molar-refractivity contribution >= 4 is 45.4 Å². The molecule has 4 rings (SSSR count). The van der Waals surface area contributed by atoms with E-state index < -0.39 is 0 Å². The minimum atomic E-state index is 0.0141. The molecule has 1 aliphatic heterocycles. The number of benzene rings is 1. The maximum Gasteiger partial charge on any atom is 0.225 e. The minimum Gasteiger partial charge on any atom is -0.450 e. The third-order valence-electron chi connectivity index (χ3n) is 4.55. The van der Waals surface area contributed by atoms with Gasteiger partial charge in [-0.2, -0.15) is 4.98 Å². The Kier molecular flexibility index (Phi) is 4.37. The number of anilines is 2. The van der Waals surface area contributed by atoms with Crippen molar-refractivity contribution in [1.82, 2.24) is 15.3 Å². The Morgan fingerprint density at radius 2 is 2.28 bits per heavy atom. The molecule has 1 aliphatic rings. The van der Waals surface area contributed by atoms with E-state index in [0.29, 0.717) is 29.1 Å².